The van der Waals surface area contributed by atoms with E-state index >= 15 is 0 Å². The van der Waals surface area contributed by atoms with Crippen LogP contribution in [0.5, 0.6) is 0 Å². The summed E-state index contributed by atoms with van der Waals surface area (Å²) in [5.74, 6) is -0.428. The average molecular weight is 262 g/mol. The Kier molecular flexibility index (Phi) is 4.08. The van der Waals surface area contributed by atoms with Crippen LogP contribution in [0.15, 0.2) is 12.1 Å². The lowest BCUT2D eigenvalue weighted by molar-refractivity contribution is 0.0697. The van der Waals surface area contributed by atoms with Crippen LogP contribution >= 0.6 is 0 Å². The SMILES string of the molecule is Cc1ccc(C(=O)O)c(NCC2(C)CCCCC2)n1. The maximum absolute atomic E-state index is 11.2. The van der Waals surface area contributed by atoms with Crippen LogP contribution in [0.4, 0.5) is 5.82 Å². The van der Waals surface area contributed by atoms with Crippen LogP contribution in [-0.4, -0.2) is 22.6 Å². The third kappa shape index (κ3) is 3.46. The van der Waals surface area contributed by atoms with Gasteiger partial charge < -0.3 is 10.4 Å². The highest BCUT2D eigenvalue weighted by molar-refractivity contribution is 5.93. The lowest BCUT2D eigenvalue weighted by Crippen LogP contribution is -2.29. The molecule has 0 amide bonds. The van der Waals surface area contributed by atoms with Crippen LogP contribution in [0.1, 0.15) is 55.1 Å². The maximum Gasteiger partial charge on any atom is 0.339 e. The molecule has 1 saturated carbocycles. The van der Waals surface area contributed by atoms with Crippen molar-refractivity contribution < 1.29 is 9.90 Å². The Morgan fingerprint density at radius 2 is 2.05 bits per heavy atom. The van der Waals surface area contributed by atoms with Crippen molar-refractivity contribution >= 4 is 11.8 Å². The third-order valence-corrected chi connectivity index (χ3v) is 4.01. The summed E-state index contributed by atoms with van der Waals surface area (Å²) in [6.45, 7) is 4.94. The molecule has 0 bridgehead atoms. The predicted octanol–water partition coefficient (Wildman–Crippen LogP) is 3.47. The fourth-order valence-electron chi connectivity index (χ4n) is 2.74. The minimum atomic E-state index is -0.927. The number of pyridine rings is 1. The van der Waals surface area contributed by atoms with Crippen molar-refractivity contribution in [1.82, 2.24) is 4.98 Å². The molecule has 0 spiro atoms. The van der Waals surface area contributed by atoms with E-state index in [4.69, 9.17) is 0 Å². The molecule has 0 radical (unpaired) electrons. The number of hydrogen-bond donors (Lipinski definition) is 2. The number of anilines is 1. The fourth-order valence-corrected chi connectivity index (χ4v) is 2.74. The number of aromatic carboxylic acids is 1. The summed E-state index contributed by atoms with van der Waals surface area (Å²) in [6.07, 6.45) is 6.26. The molecule has 104 valence electrons. The molecule has 1 aromatic rings. The maximum atomic E-state index is 11.2. The number of aromatic nitrogens is 1. The van der Waals surface area contributed by atoms with Crippen molar-refractivity contribution in [1.29, 1.82) is 0 Å². The molecule has 0 aliphatic heterocycles. The van der Waals surface area contributed by atoms with E-state index in [9.17, 15) is 9.90 Å². The van der Waals surface area contributed by atoms with Crippen LogP contribution < -0.4 is 5.32 Å². The highest BCUT2D eigenvalue weighted by atomic mass is 16.4. The van der Waals surface area contributed by atoms with Gasteiger partial charge in [-0.1, -0.05) is 26.2 Å². The molecule has 19 heavy (non-hydrogen) atoms. The standard InChI is InChI=1S/C15H22N2O2/c1-11-6-7-12(14(18)19)13(17-11)16-10-15(2)8-4-3-5-9-15/h6-7H,3-5,8-10H2,1-2H3,(H,16,17)(H,18,19). The molecular weight excluding hydrogens is 240 g/mol. The molecule has 0 aromatic carbocycles. The van der Waals surface area contributed by atoms with E-state index in [1.165, 1.54) is 32.1 Å². The summed E-state index contributed by atoms with van der Waals surface area (Å²) in [6, 6.07) is 3.35. The van der Waals surface area contributed by atoms with Crippen molar-refractivity contribution in [3.63, 3.8) is 0 Å². The Morgan fingerprint density at radius 3 is 2.68 bits per heavy atom. The summed E-state index contributed by atoms with van der Waals surface area (Å²) in [4.78, 5) is 15.5. The van der Waals surface area contributed by atoms with Crippen molar-refractivity contribution in [2.24, 2.45) is 5.41 Å². The van der Waals surface area contributed by atoms with Crippen molar-refractivity contribution in [3.8, 4) is 0 Å². The number of carboxylic acid groups (broad SMARTS) is 1. The first kappa shape index (κ1) is 13.8. The third-order valence-electron chi connectivity index (χ3n) is 4.01. The molecule has 1 fully saturated rings. The summed E-state index contributed by atoms with van der Waals surface area (Å²) >= 11 is 0. The topological polar surface area (TPSA) is 62.2 Å². The molecule has 0 unspecified atom stereocenters. The van der Waals surface area contributed by atoms with E-state index in [-0.39, 0.29) is 11.0 Å². The van der Waals surface area contributed by atoms with Crippen LogP contribution in [0.3, 0.4) is 0 Å². The number of hydrogen-bond acceptors (Lipinski definition) is 3. The minimum absolute atomic E-state index is 0.255. The number of carboxylic acids is 1. The van der Waals surface area contributed by atoms with E-state index in [0.717, 1.165) is 12.2 Å². The zero-order valence-electron chi connectivity index (χ0n) is 11.7. The number of aryl methyl sites for hydroxylation is 1. The van der Waals surface area contributed by atoms with Crippen LogP contribution in [0.2, 0.25) is 0 Å². The minimum Gasteiger partial charge on any atom is -0.478 e. The van der Waals surface area contributed by atoms with Gasteiger partial charge in [0.15, 0.2) is 0 Å². The van der Waals surface area contributed by atoms with Gasteiger partial charge in [-0.2, -0.15) is 0 Å². The van der Waals surface area contributed by atoms with Crippen LogP contribution in [-0.2, 0) is 0 Å². The van der Waals surface area contributed by atoms with Gasteiger partial charge in [0, 0.05) is 12.2 Å². The predicted molar refractivity (Wildman–Crippen MR) is 75.6 cm³/mol. The summed E-state index contributed by atoms with van der Waals surface area (Å²) in [5.41, 5.74) is 1.35. The zero-order valence-corrected chi connectivity index (χ0v) is 11.7. The molecule has 1 heterocycles. The first-order valence-electron chi connectivity index (χ1n) is 6.95. The molecule has 4 nitrogen and oxygen atoms in total. The number of nitrogens with zero attached hydrogens (tertiary/aromatic N) is 1. The molecule has 1 aliphatic rings. The van der Waals surface area contributed by atoms with Crippen molar-refractivity contribution in [3.05, 3.63) is 23.4 Å². The number of carbonyl (C=O) groups is 1. The molecule has 4 heteroatoms. The quantitative estimate of drug-likeness (QED) is 0.872. The van der Waals surface area contributed by atoms with Gasteiger partial charge in [-0.15, -0.1) is 0 Å². The van der Waals surface area contributed by atoms with Crippen LogP contribution in [0.25, 0.3) is 0 Å². The van der Waals surface area contributed by atoms with Gasteiger partial charge in [-0.3, -0.25) is 0 Å². The van der Waals surface area contributed by atoms with E-state index in [1.54, 1.807) is 12.1 Å². The molecule has 1 aliphatic carbocycles. The fraction of sp³-hybridized carbons (Fsp3) is 0.600. The Morgan fingerprint density at radius 1 is 1.37 bits per heavy atom. The van der Waals surface area contributed by atoms with Crippen molar-refractivity contribution in [2.75, 3.05) is 11.9 Å². The second kappa shape index (κ2) is 5.59. The average Bonchev–Trinajstić information content (AvgIpc) is 2.37. The van der Waals surface area contributed by atoms with E-state index in [0.29, 0.717) is 5.82 Å². The molecule has 1 aromatic heterocycles. The Labute approximate surface area is 114 Å². The van der Waals surface area contributed by atoms with Gasteiger partial charge in [0.2, 0.25) is 0 Å². The second-order valence-corrected chi connectivity index (χ2v) is 5.88. The number of rotatable bonds is 4. The summed E-state index contributed by atoms with van der Waals surface area (Å²) < 4.78 is 0. The lowest BCUT2D eigenvalue weighted by atomic mass is 9.76. The van der Waals surface area contributed by atoms with E-state index in [2.05, 4.69) is 17.2 Å². The second-order valence-electron chi connectivity index (χ2n) is 5.88. The summed E-state index contributed by atoms with van der Waals surface area (Å²) in [5, 5.41) is 12.4. The first-order chi connectivity index (χ1) is 9.00. The largest absolute Gasteiger partial charge is 0.478 e. The van der Waals surface area contributed by atoms with E-state index in [1.807, 2.05) is 6.92 Å². The summed E-state index contributed by atoms with van der Waals surface area (Å²) in [7, 11) is 0. The molecule has 2 N–H and O–H groups in total. The van der Waals surface area contributed by atoms with Gasteiger partial charge in [0.25, 0.3) is 0 Å². The molecular formula is C15H22N2O2. The molecule has 0 atom stereocenters. The smallest absolute Gasteiger partial charge is 0.339 e. The monoisotopic (exact) mass is 262 g/mol. The highest BCUT2D eigenvalue weighted by Gasteiger charge is 2.27. The normalized spacial score (nSPS) is 18.0. The van der Waals surface area contributed by atoms with E-state index < -0.39 is 5.97 Å². The van der Waals surface area contributed by atoms with Gasteiger partial charge >= 0.3 is 5.97 Å². The van der Waals surface area contributed by atoms with Gasteiger partial charge in [0.1, 0.15) is 11.4 Å². The molecule has 2 rings (SSSR count). The first-order valence-corrected chi connectivity index (χ1v) is 6.95. The van der Waals surface area contributed by atoms with Gasteiger partial charge in [-0.25, -0.2) is 9.78 Å². The Bertz CT molecular complexity index is 465. The van der Waals surface area contributed by atoms with Gasteiger partial charge in [0.05, 0.1) is 0 Å². The number of nitrogens with one attached hydrogen (secondary N) is 1. The molecule has 0 saturated heterocycles. The lowest BCUT2D eigenvalue weighted by Gasteiger charge is -2.34. The zero-order chi connectivity index (χ0) is 13.9. The van der Waals surface area contributed by atoms with Gasteiger partial charge in [-0.05, 0) is 37.3 Å². The van der Waals surface area contributed by atoms with Crippen molar-refractivity contribution in [2.45, 2.75) is 46.0 Å². The Balaban J connectivity index is 2.10. The Hall–Kier alpha value is -1.58. The highest BCUT2D eigenvalue weighted by Crippen LogP contribution is 2.35. The van der Waals surface area contributed by atoms with Crippen LogP contribution in [0, 0.1) is 12.3 Å².